The summed E-state index contributed by atoms with van der Waals surface area (Å²) in [5.74, 6) is -0.161. The van der Waals surface area contributed by atoms with Crippen LogP contribution in [0.2, 0.25) is 0 Å². The Morgan fingerprint density at radius 2 is 2.00 bits per heavy atom. The molecule has 1 aromatic carbocycles. The molecule has 0 bridgehead atoms. The third kappa shape index (κ3) is 4.00. The molecule has 0 saturated heterocycles. The van der Waals surface area contributed by atoms with Crippen molar-refractivity contribution in [3.05, 3.63) is 30.3 Å². The van der Waals surface area contributed by atoms with Gasteiger partial charge in [0.05, 0.1) is 6.10 Å². The number of rotatable bonds is 5. The number of nitrogens with one attached hydrogen (secondary N) is 1. The Labute approximate surface area is 95.8 Å². The van der Waals surface area contributed by atoms with Crippen LogP contribution in [0, 0.1) is 0 Å². The molecule has 0 aromatic heterocycles. The van der Waals surface area contributed by atoms with Crippen molar-refractivity contribution in [3.8, 4) is 0 Å². The molecule has 0 heterocycles. The number of carbonyl (C=O) groups excluding carboxylic acids is 1. The van der Waals surface area contributed by atoms with Crippen LogP contribution in [0.25, 0.3) is 0 Å². The smallest absolute Gasteiger partial charge is 0.253 e. The normalized spacial score (nSPS) is 14.2. The van der Waals surface area contributed by atoms with Gasteiger partial charge in [0, 0.05) is 12.2 Å². The van der Waals surface area contributed by atoms with Gasteiger partial charge >= 0.3 is 0 Å². The number of carbonyl (C=O) groups is 1. The van der Waals surface area contributed by atoms with Gasteiger partial charge in [0.2, 0.25) is 0 Å². The highest BCUT2D eigenvalue weighted by molar-refractivity contribution is 5.93. The minimum Gasteiger partial charge on any atom is -0.364 e. The number of benzene rings is 1. The average molecular weight is 222 g/mol. The van der Waals surface area contributed by atoms with E-state index in [1.807, 2.05) is 37.3 Å². The van der Waals surface area contributed by atoms with E-state index in [4.69, 9.17) is 10.5 Å². The molecule has 1 rings (SSSR count). The summed E-state index contributed by atoms with van der Waals surface area (Å²) in [5.41, 5.74) is 6.18. The summed E-state index contributed by atoms with van der Waals surface area (Å²) in [7, 11) is 0. The van der Waals surface area contributed by atoms with Gasteiger partial charge in [-0.1, -0.05) is 18.2 Å². The number of nitrogens with two attached hydrogens (primary N) is 1. The maximum Gasteiger partial charge on any atom is 0.253 e. The molecule has 2 atom stereocenters. The van der Waals surface area contributed by atoms with Crippen LogP contribution >= 0.6 is 0 Å². The molecule has 0 aliphatic rings. The van der Waals surface area contributed by atoms with E-state index in [2.05, 4.69) is 5.32 Å². The van der Waals surface area contributed by atoms with Crippen molar-refractivity contribution in [1.82, 2.24) is 0 Å². The van der Waals surface area contributed by atoms with Crippen LogP contribution in [-0.2, 0) is 9.53 Å². The highest BCUT2D eigenvalue weighted by Gasteiger charge is 2.15. The molecule has 4 nitrogen and oxygen atoms in total. The first-order valence-electron chi connectivity index (χ1n) is 5.35. The molecule has 3 N–H and O–H groups in total. The summed E-state index contributed by atoms with van der Waals surface area (Å²) >= 11 is 0. The van der Waals surface area contributed by atoms with Crippen LogP contribution in [0.4, 0.5) is 5.69 Å². The molecule has 0 aliphatic carbocycles. The predicted molar refractivity (Wildman–Crippen MR) is 64.1 cm³/mol. The molecular formula is C12H18N2O2. The summed E-state index contributed by atoms with van der Waals surface area (Å²) in [6, 6.07) is 9.29. The topological polar surface area (TPSA) is 64.3 Å². The molecule has 16 heavy (non-hydrogen) atoms. The van der Waals surface area contributed by atoms with E-state index in [0.717, 1.165) is 5.69 Å². The Morgan fingerprint density at radius 1 is 1.38 bits per heavy atom. The molecule has 88 valence electrons. The van der Waals surface area contributed by atoms with Gasteiger partial charge in [0.25, 0.3) is 5.91 Å². The lowest BCUT2D eigenvalue weighted by Gasteiger charge is -2.17. The van der Waals surface area contributed by atoms with E-state index in [-0.39, 0.29) is 12.0 Å². The van der Waals surface area contributed by atoms with Crippen molar-refractivity contribution in [2.45, 2.75) is 26.1 Å². The summed E-state index contributed by atoms with van der Waals surface area (Å²) < 4.78 is 5.40. The number of amides is 1. The van der Waals surface area contributed by atoms with E-state index >= 15 is 0 Å². The Bertz CT molecular complexity index is 327. The van der Waals surface area contributed by atoms with E-state index in [0.29, 0.717) is 6.54 Å². The minimum absolute atomic E-state index is 0.114. The van der Waals surface area contributed by atoms with Crippen LogP contribution in [0.15, 0.2) is 30.3 Å². The van der Waals surface area contributed by atoms with Crippen molar-refractivity contribution in [3.63, 3.8) is 0 Å². The van der Waals surface area contributed by atoms with Crippen LogP contribution in [-0.4, -0.2) is 24.7 Å². The first-order valence-corrected chi connectivity index (χ1v) is 5.35. The first kappa shape index (κ1) is 12.7. The van der Waals surface area contributed by atoms with E-state index in [9.17, 15) is 4.79 Å². The van der Waals surface area contributed by atoms with E-state index < -0.39 is 6.10 Å². The van der Waals surface area contributed by atoms with Crippen molar-refractivity contribution >= 4 is 11.6 Å². The lowest BCUT2D eigenvalue weighted by atomic mass is 10.3. The van der Waals surface area contributed by atoms with Crippen LogP contribution in [0.3, 0.4) is 0 Å². The maximum absolute atomic E-state index is 11.7. The predicted octanol–water partition coefficient (Wildman–Crippen LogP) is 1.38. The largest absolute Gasteiger partial charge is 0.364 e. The van der Waals surface area contributed by atoms with Crippen molar-refractivity contribution < 1.29 is 9.53 Å². The van der Waals surface area contributed by atoms with Gasteiger partial charge in [0.1, 0.15) is 6.10 Å². The van der Waals surface area contributed by atoms with Gasteiger partial charge < -0.3 is 15.8 Å². The number of ether oxygens (including phenoxy) is 1. The molecule has 2 unspecified atom stereocenters. The number of hydrogen-bond donors (Lipinski definition) is 2. The van der Waals surface area contributed by atoms with Gasteiger partial charge in [-0.3, -0.25) is 4.79 Å². The zero-order chi connectivity index (χ0) is 12.0. The van der Waals surface area contributed by atoms with Crippen LogP contribution in [0.5, 0.6) is 0 Å². The molecule has 1 aromatic rings. The van der Waals surface area contributed by atoms with Gasteiger partial charge in [-0.2, -0.15) is 0 Å². The summed E-state index contributed by atoms with van der Waals surface area (Å²) in [6.45, 7) is 3.96. The summed E-state index contributed by atoms with van der Waals surface area (Å²) in [6.07, 6.45) is -0.615. The third-order valence-electron chi connectivity index (χ3n) is 2.18. The molecule has 0 radical (unpaired) electrons. The fourth-order valence-corrected chi connectivity index (χ4v) is 1.23. The number of hydrogen-bond acceptors (Lipinski definition) is 3. The minimum atomic E-state index is -0.501. The summed E-state index contributed by atoms with van der Waals surface area (Å²) in [4.78, 5) is 11.7. The Kier molecular flexibility index (Phi) is 4.95. The number of para-hydroxylation sites is 1. The Morgan fingerprint density at radius 3 is 2.56 bits per heavy atom. The second-order valence-electron chi connectivity index (χ2n) is 3.68. The fourth-order valence-electron chi connectivity index (χ4n) is 1.23. The van der Waals surface area contributed by atoms with E-state index in [1.165, 1.54) is 0 Å². The molecule has 4 heteroatoms. The second kappa shape index (κ2) is 6.25. The lowest BCUT2D eigenvalue weighted by Crippen LogP contribution is -2.33. The Balaban J connectivity index is 2.46. The average Bonchev–Trinajstić information content (AvgIpc) is 2.30. The standard InChI is InChI=1S/C12H18N2O2/c1-9(8-13)16-10(2)12(15)14-11-6-4-3-5-7-11/h3-7,9-10H,8,13H2,1-2H3,(H,14,15). The van der Waals surface area contributed by atoms with E-state index in [1.54, 1.807) is 6.92 Å². The van der Waals surface area contributed by atoms with Gasteiger partial charge in [-0.05, 0) is 26.0 Å². The first-order chi connectivity index (χ1) is 7.63. The molecule has 0 spiro atoms. The quantitative estimate of drug-likeness (QED) is 0.791. The Hall–Kier alpha value is -1.39. The second-order valence-corrected chi connectivity index (χ2v) is 3.68. The molecule has 0 saturated carbocycles. The molecule has 1 amide bonds. The zero-order valence-corrected chi connectivity index (χ0v) is 9.64. The number of anilines is 1. The van der Waals surface area contributed by atoms with Gasteiger partial charge in [-0.15, -0.1) is 0 Å². The van der Waals surface area contributed by atoms with Crippen molar-refractivity contribution in [1.29, 1.82) is 0 Å². The summed E-state index contributed by atoms with van der Waals surface area (Å²) in [5, 5.41) is 2.77. The zero-order valence-electron chi connectivity index (χ0n) is 9.64. The van der Waals surface area contributed by atoms with Crippen LogP contribution in [0.1, 0.15) is 13.8 Å². The van der Waals surface area contributed by atoms with Crippen molar-refractivity contribution in [2.24, 2.45) is 5.73 Å². The lowest BCUT2D eigenvalue weighted by molar-refractivity contribution is -0.129. The van der Waals surface area contributed by atoms with Crippen LogP contribution < -0.4 is 11.1 Å². The van der Waals surface area contributed by atoms with Crippen molar-refractivity contribution in [2.75, 3.05) is 11.9 Å². The molecule has 0 aliphatic heterocycles. The highest BCUT2D eigenvalue weighted by atomic mass is 16.5. The maximum atomic E-state index is 11.7. The third-order valence-corrected chi connectivity index (χ3v) is 2.18. The van der Waals surface area contributed by atoms with Gasteiger partial charge in [-0.25, -0.2) is 0 Å². The SMILES string of the molecule is CC(CN)OC(C)C(=O)Nc1ccccc1. The monoisotopic (exact) mass is 222 g/mol. The molecule has 0 fully saturated rings. The fraction of sp³-hybridized carbons (Fsp3) is 0.417. The molecular weight excluding hydrogens is 204 g/mol. The van der Waals surface area contributed by atoms with Gasteiger partial charge in [0.15, 0.2) is 0 Å². The highest BCUT2D eigenvalue weighted by Crippen LogP contribution is 2.07.